The second kappa shape index (κ2) is 7.56. The van der Waals surface area contributed by atoms with Crippen LogP contribution in [0.1, 0.15) is 11.1 Å². The van der Waals surface area contributed by atoms with Gasteiger partial charge in [-0.25, -0.2) is 4.98 Å². The Labute approximate surface area is 163 Å². The molecule has 0 saturated heterocycles. The van der Waals surface area contributed by atoms with Crippen LogP contribution in [0.3, 0.4) is 0 Å². The Morgan fingerprint density at radius 3 is 2.75 bits per heavy atom. The van der Waals surface area contributed by atoms with Crippen molar-refractivity contribution < 1.29 is 13.9 Å². The fourth-order valence-corrected chi connectivity index (χ4v) is 2.94. The second-order valence-corrected chi connectivity index (χ2v) is 6.67. The van der Waals surface area contributed by atoms with Crippen LogP contribution in [0.4, 0.5) is 5.69 Å². The van der Waals surface area contributed by atoms with Crippen molar-refractivity contribution in [3.63, 3.8) is 0 Å². The summed E-state index contributed by atoms with van der Waals surface area (Å²) in [5, 5.41) is 2.85. The molecule has 0 fully saturated rings. The van der Waals surface area contributed by atoms with E-state index in [1.54, 1.807) is 0 Å². The minimum Gasteiger partial charge on any atom is -0.483 e. The van der Waals surface area contributed by atoms with Crippen LogP contribution in [-0.4, -0.2) is 17.5 Å². The number of nitrogens with zero attached hydrogens (tertiary/aromatic N) is 1. The molecule has 5 heteroatoms. The van der Waals surface area contributed by atoms with Gasteiger partial charge >= 0.3 is 0 Å². The van der Waals surface area contributed by atoms with Crippen molar-refractivity contribution >= 4 is 22.7 Å². The number of hydrogen-bond donors (Lipinski definition) is 1. The highest BCUT2D eigenvalue weighted by molar-refractivity contribution is 5.92. The van der Waals surface area contributed by atoms with Crippen LogP contribution in [0, 0.1) is 13.8 Å². The molecule has 28 heavy (non-hydrogen) atoms. The van der Waals surface area contributed by atoms with E-state index in [9.17, 15) is 4.79 Å². The molecule has 1 amide bonds. The number of para-hydroxylation sites is 1. The molecule has 0 spiro atoms. The summed E-state index contributed by atoms with van der Waals surface area (Å²) in [6.45, 7) is 3.90. The Morgan fingerprint density at radius 2 is 1.89 bits per heavy atom. The molecule has 4 rings (SSSR count). The predicted molar refractivity (Wildman–Crippen MR) is 109 cm³/mol. The zero-order valence-electron chi connectivity index (χ0n) is 15.7. The van der Waals surface area contributed by atoms with Crippen molar-refractivity contribution in [2.24, 2.45) is 0 Å². The molecule has 0 radical (unpaired) electrons. The average molecular weight is 372 g/mol. The largest absolute Gasteiger partial charge is 0.483 e. The van der Waals surface area contributed by atoms with Crippen LogP contribution in [0.25, 0.3) is 22.6 Å². The summed E-state index contributed by atoms with van der Waals surface area (Å²) >= 11 is 0. The highest BCUT2D eigenvalue weighted by Crippen LogP contribution is 2.26. The number of nitrogens with one attached hydrogen (secondary N) is 1. The van der Waals surface area contributed by atoms with E-state index in [-0.39, 0.29) is 12.5 Å². The minimum atomic E-state index is -0.228. The van der Waals surface area contributed by atoms with E-state index in [1.165, 1.54) is 0 Å². The zero-order valence-corrected chi connectivity index (χ0v) is 15.7. The Kier molecular flexibility index (Phi) is 4.81. The summed E-state index contributed by atoms with van der Waals surface area (Å²) < 4.78 is 11.5. The number of amides is 1. The van der Waals surface area contributed by atoms with Gasteiger partial charge in [-0.1, -0.05) is 30.3 Å². The Bertz CT molecular complexity index is 1150. The third kappa shape index (κ3) is 3.88. The highest BCUT2D eigenvalue weighted by Gasteiger charge is 2.10. The van der Waals surface area contributed by atoms with Crippen molar-refractivity contribution in [2.45, 2.75) is 13.8 Å². The van der Waals surface area contributed by atoms with Gasteiger partial charge in [-0.15, -0.1) is 0 Å². The molecule has 4 aromatic rings. The van der Waals surface area contributed by atoms with Gasteiger partial charge in [-0.05, 0) is 61.4 Å². The predicted octanol–water partition coefficient (Wildman–Crippen LogP) is 5.13. The zero-order chi connectivity index (χ0) is 19.5. The lowest BCUT2D eigenvalue weighted by atomic mass is 10.2. The molecule has 5 nitrogen and oxygen atoms in total. The van der Waals surface area contributed by atoms with Crippen LogP contribution in [0.2, 0.25) is 0 Å². The van der Waals surface area contributed by atoms with E-state index >= 15 is 0 Å². The maximum absolute atomic E-state index is 12.2. The number of fused-ring (bicyclic) bond motifs is 1. The quantitative estimate of drug-likeness (QED) is 0.527. The van der Waals surface area contributed by atoms with Crippen LogP contribution >= 0.6 is 0 Å². The first-order chi connectivity index (χ1) is 13.6. The Balaban J connectivity index is 1.47. The monoisotopic (exact) mass is 372 g/mol. The van der Waals surface area contributed by atoms with Gasteiger partial charge in [0.2, 0.25) is 5.89 Å². The van der Waals surface area contributed by atoms with Crippen molar-refractivity contribution in [1.82, 2.24) is 4.98 Å². The number of carbonyl (C=O) groups excluding carboxylic acids is 1. The van der Waals surface area contributed by atoms with E-state index in [2.05, 4.69) is 10.3 Å². The van der Waals surface area contributed by atoms with Crippen LogP contribution in [-0.2, 0) is 4.79 Å². The number of anilines is 1. The maximum Gasteiger partial charge on any atom is 0.262 e. The maximum atomic E-state index is 12.2. The molecule has 0 unspecified atom stereocenters. The van der Waals surface area contributed by atoms with Crippen LogP contribution < -0.4 is 10.1 Å². The fraction of sp³-hybridized carbons (Fsp3) is 0.130. The molecular formula is C23H20N2O3. The number of carbonyl (C=O) groups is 1. The Hall–Kier alpha value is -3.60. The standard InChI is InChI=1S/C23H20N2O3/c1-15-10-11-19-21(12-15)28-23(25-19)17-7-5-8-18(13-17)24-22(26)14-27-20-9-4-3-6-16(20)2/h3-13H,14H2,1-2H3,(H,24,26). The number of hydrogen-bond acceptors (Lipinski definition) is 4. The number of oxazole rings is 1. The van der Waals surface area contributed by atoms with Gasteiger partial charge in [0.25, 0.3) is 5.91 Å². The molecule has 3 aromatic carbocycles. The molecule has 1 N–H and O–H groups in total. The third-order valence-corrected chi connectivity index (χ3v) is 4.39. The molecule has 1 heterocycles. The topological polar surface area (TPSA) is 64.4 Å². The first kappa shape index (κ1) is 17.8. The summed E-state index contributed by atoms with van der Waals surface area (Å²) in [4.78, 5) is 16.8. The molecule has 0 atom stereocenters. The van der Waals surface area contributed by atoms with E-state index in [0.29, 0.717) is 17.3 Å². The van der Waals surface area contributed by atoms with Crippen LogP contribution in [0.5, 0.6) is 5.75 Å². The average Bonchev–Trinajstić information content (AvgIpc) is 3.11. The lowest BCUT2D eigenvalue weighted by molar-refractivity contribution is -0.118. The second-order valence-electron chi connectivity index (χ2n) is 6.67. The molecule has 0 aliphatic carbocycles. The van der Waals surface area contributed by atoms with Gasteiger partial charge < -0.3 is 14.5 Å². The van der Waals surface area contributed by atoms with E-state index in [4.69, 9.17) is 9.15 Å². The van der Waals surface area contributed by atoms with Crippen molar-refractivity contribution in [3.8, 4) is 17.2 Å². The van der Waals surface area contributed by atoms with Gasteiger partial charge in [-0.2, -0.15) is 0 Å². The first-order valence-electron chi connectivity index (χ1n) is 9.04. The number of aromatic nitrogens is 1. The van der Waals surface area contributed by atoms with Crippen molar-refractivity contribution in [2.75, 3.05) is 11.9 Å². The lowest BCUT2D eigenvalue weighted by Gasteiger charge is -2.09. The summed E-state index contributed by atoms with van der Waals surface area (Å²) in [7, 11) is 0. The van der Waals surface area contributed by atoms with E-state index < -0.39 is 0 Å². The molecule has 0 aliphatic heterocycles. The van der Waals surface area contributed by atoms with Gasteiger partial charge in [0.15, 0.2) is 12.2 Å². The van der Waals surface area contributed by atoms with Gasteiger partial charge in [0.1, 0.15) is 11.3 Å². The highest BCUT2D eigenvalue weighted by atomic mass is 16.5. The molecule has 0 aliphatic rings. The molecule has 140 valence electrons. The summed E-state index contributed by atoms with van der Waals surface area (Å²) in [6.07, 6.45) is 0. The normalized spacial score (nSPS) is 10.8. The van der Waals surface area contributed by atoms with Gasteiger partial charge in [0.05, 0.1) is 0 Å². The molecular weight excluding hydrogens is 352 g/mol. The SMILES string of the molecule is Cc1ccc2nc(-c3cccc(NC(=O)COc4ccccc4C)c3)oc2c1. The minimum absolute atomic E-state index is 0.0583. The van der Waals surface area contributed by atoms with E-state index in [1.807, 2.05) is 80.6 Å². The third-order valence-electron chi connectivity index (χ3n) is 4.39. The number of aryl methyl sites for hydroxylation is 2. The number of benzene rings is 3. The smallest absolute Gasteiger partial charge is 0.262 e. The molecule has 1 aromatic heterocycles. The van der Waals surface area contributed by atoms with Gasteiger partial charge in [-0.3, -0.25) is 4.79 Å². The molecule has 0 saturated carbocycles. The van der Waals surface area contributed by atoms with Gasteiger partial charge in [0, 0.05) is 11.3 Å². The number of rotatable bonds is 5. The summed E-state index contributed by atoms with van der Waals surface area (Å²) in [6, 6.07) is 20.9. The van der Waals surface area contributed by atoms with Crippen molar-refractivity contribution in [1.29, 1.82) is 0 Å². The fourth-order valence-electron chi connectivity index (χ4n) is 2.94. The molecule has 0 bridgehead atoms. The Morgan fingerprint density at radius 1 is 1.04 bits per heavy atom. The summed E-state index contributed by atoms with van der Waals surface area (Å²) in [5.74, 6) is 0.995. The first-order valence-corrected chi connectivity index (χ1v) is 9.04. The summed E-state index contributed by atoms with van der Waals surface area (Å²) in [5.41, 5.74) is 5.12. The van der Waals surface area contributed by atoms with E-state index in [0.717, 1.165) is 27.8 Å². The lowest BCUT2D eigenvalue weighted by Crippen LogP contribution is -2.20. The number of ether oxygens (including phenoxy) is 1. The van der Waals surface area contributed by atoms with Crippen molar-refractivity contribution in [3.05, 3.63) is 77.9 Å². The van der Waals surface area contributed by atoms with Crippen LogP contribution in [0.15, 0.2) is 71.1 Å².